The van der Waals surface area contributed by atoms with Crippen LogP contribution in [-0.2, 0) is 14.8 Å². The molecule has 0 fully saturated rings. The van der Waals surface area contributed by atoms with E-state index in [1.54, 1.807) is 19.1 Å². The molecule has 0 aliphatic rings. The molecule has 118 valence electrons. The Kier molecular flexibility index (Phi) is 6.73. The predicted octanol–water partition coefficient (Wildman–Crippen LogP) is 1.62. The van der Waals surface area contributed by atoms with Gasteiger partial charge in [-0.2, -0.15) is 4.31 Å². The lowest BCUT2D eigenvalue weighted by Crippen LogP contribution is -2.36. The highest BCUT2D eigenvalue weighted by Crippen LogP contribution is 2.21. The van der Waals surface area contributed by atoms with Gasteiger partial charge in [0.1, 0.15) is 0 Å². The van der Waals surface area contributed by atoms with E-state index in [1.807, 2.05) is 13.0 Å². The summed E-state index contributed by atoms with van der Waals surface area (Å²) in [7, 11) is -2.04. The van der Waals surface area contributed by atoms with Gasteiger partial charge in [-0.25, -0.2) is 8.42 Å². The smallest absolute Gasteiger partial charge is 0.243 e. The molecule has 0 unspecified atom stereocenters. The van der Waals surface area contributed by atoms with E-state index in [2.05, 4.69) is 0 Å². The van der Waals surface area contributed by atoms with Gasteiger partial charge in [0.2, 0.25) is 10.0 Å². The lowest BCUT2D eigenvalue weighted by molar-refractivity contribution is 0.179. The molecule has 0 saturated heterocycles. The minimum Gasteiger partial charge on any atom is -0.393 e. The first-order valence-corrected chi connectivity index (χ1v) is 8.48. The molecule has 5 nitrogen and oxygen atoms in total. The van der Waals surface area contributed by atoms with Crippen LogP contribution in [0.3, 0.4) is 0 Å². The molecule has 0 bridgehead atoms. The molecule has 0 heterocycles. The third-order valence-corrected chi connectivity index (χ3v) is 5.36. The fourth-order valence-corrected chi connectivity index (χ4v) is 3.73. The second kappa shape index (κ2) is 7.84. The maximum atomic E-state index is 12.8. The summed E-state index contributed by atoms with van der Waals surface area (Å²) >= 11 is 4.83. The van der Waals surface area contributed by atoms with Crippen molar-refractivity contribution in [1.82, 2.24) is 4.31 Å². The molecular formula is C14H22N2O3S2. The van der Waals surface area contributed by atoms with Crippen LogP contribution in [-0.4, -0.2) is 44.5 Å². The molecular weight excluding hydrogens is 308 g/mol. The number of rotatable bonds is 8. The summed E-state index contributed by atoms with van der Waals surface area (Å²) in [5.41, 5.74) is 7.24. The molecule has 2 N–H and O–H groups in total. The summed E-state index contributed by atoms with van der Waals surface area (Å²) < 4.78 is 31.9. The third kappa shape index (κ3) is 5.03. The summed E-state index contributed by atoms with van der Waals surface area (Å²) in [4.78, 5) is 0.611. The van der Waals surface area contributed by atoms with Crippen molar-refractivity contribution in [2.75, 3.05) is 26.8 Å². The number of hydrogen-bond acceptors (Lipinski definition) is 4. The Morgan fingerprint density at radius 1 is 1.33 bits per heavy atom. The second-order valence-corrected chi connectivity index (χ2v) is 7.31. The Morgan fingerprint density at radius 3 is 2.52 bits per heavy atom. The first-order chi connectivity index (χ1) is 9.78. The quantitative estimate of drug-likeness (QED) is 0.733. The van der Waals surface area contributed by atoms with Crippen molar-refractivity contribution in [3.8, 4) is 0 Å². The number of thiocarbonyl (C=S) groups is 1. The molecule has 0 aromatic heterocycles. The van der Waals surface area contributed by atoms with Crippen molar-refractivity contribution in [2.24, 2.45) is 5.73 Å². The van der Waals surface area contributed by atoms with E-state index in [-0.39, 0.29) is 13.1 Å². The summed E-state index contributed by atoms with van der Waals surface area (Å²) in [5.74, 6) is 0. The highest BCUT2D eigenvalue weighted by atomic mass is 32.2. The SMILES string of the molecule is COCCN(CCC(N)=S)S(=O)(=O)c1ccc(C)cc1C. The van der Waals surface area contributed by atoms with E-state index in [1.165, 1.54) is 11.4 Å². The first-order valence-electron chi connectivity index (χ1n) is 6.63. The average molecular weight is 330 g/mol. The normalized spacial score (nSPS) is 11.8. The zero-order chi connectivity index (χ0) is 16.0. The van der Waals surface area contributed by atoms with Gasteiger partial charge in [0.15, 0.2) is 0 Å². The van der Waals surface area contributed by atoms with Gasteiger partial charge >= 0.3 is 0 Å². The Hall–Kier alpha value is -1.02. The van der Waals surface area contributed by atoms with Crippen molar-refractivity contribution < 1.29 is 13.2 Å². The van der Waals surface area contributed by atoms with Crippen LogP contribution < -0.4 is 5.73 Å². The molecule has 1 aromatic carbocycles. The summed E-state index contributed by atoms with van der Waals surface area (Å²) in [6, 6.07) is 5.29. The number of aryl methyl sites for hydroxylation is 2. The zero-order valence-corrected chi connectivity index (χ0v) is 14.3. The first kappa shape index (κ1) is 18.0. The molecule has 0 radical (unpaired) electrons. The average Bonchev–Trinajstić information content (AvgIpc) is 2.37. The van der Waals surface area contributed by atoms with Crippen LogP contribution in [0.5, 0.6) is 0 Å². The van der Waals surface area contributed by atoms with Crippen LogP contribution in [0.4, 0.5) is 0 Å². The number of nitrogens with zero attached hydrogens (tertiary/aromatic N) is 1. The van der Waals surface area contributed by atoms with Gasteiger partial charge in [0.05, 0.1) is 16.5 Å². The second-order valence-electron chi connectivity index (χ2n) is 4.88. The van der Waals surface area contributed by atoms with Crippen LogP contribution >= 0.6 is 12.2 Å². The number of hydrogen-bond donors (Lipinski definition) is 1. The molecule has 0 saturated carbocycles. The Bertz CT molecular complexity index is 600. The van der Waals surface area contributed by atoms with Gasteiger partial charge in [-0.05, 0) is 25.5 Å². The van der Waals surface area contributed by atoms with Gasteiger partial charge in [-0.3, -0.25) is 0 Å². The van der Waals surface area contributed by atoms with E-state index >= 15 is 0 Å². The summed E-state index contributed by atoms with van der Waals surface area (Å²) in [6.45, 7) is 4.57. The lowest BCUT2D eigenvalue weighted by atomic mass is 10.2. The molecule has 0 aliphatic carbocycles. The van der Waals surface area contributed by atoms with Crippen molar-refractivity contribution in [2.45, 2.75) is 25.2 Å². The molecule has 0 aliphatic heterocycles. The van der Waals surface area contributed by atoms with E-state index in [0.29, 0.717) is 22.9 Å². The predicted molar refractivity (Wildman–Crippen MR) is 88.0 cm³/mol. The number of nitrogens with two attached hydrogens (primary N) is 1. The topological polar surface area (TPSA) is 72.6 Å². The van der Waals surface area contributed by atoms with Crippen LogP contribution in [0.1, 0.15) is 17.5 Å². The molecule has 0 spiro atoms. The third-order valence-electron chi connectivity index (χ3n) is 3.10. The number of methoxy groups -OCH3 is 1. The maximum absolute atomic E-state index is 12.8. The zero-order valence-electron chi connectivity index (χ0n) is 12.6. The van der Waals surface area contributed by atoms with Crippen LogP contribution in [0, 0.1) is 13.8 Å². The van der Waals surface area contributed by atoms with Gasteiger partial charge in [0.25, 0.3) is 0 Å². The number of ether oxygens (including phenoxy) is 1. The minimum absolute atomic E-state index is 0.258. The highest BCUT2D eigenvalue weighted by Gasteiger charge is 2.25. The van der Waals surface area contributed by atoms with Crippen molar-refractivity contribution >= 4 is 27.2 Å². The Balaban J connectivity index is 3.09. The molecule has 21 heavy (non-hydrogen) atoms. The van der Waals surface area contributed by atoms with Crippen molar-refractivity contribution in [3.63, 3.8) is 0 Å². The van der Waals surface area contributed by atoms with E-state index < -0.39 is 10.0 Å². The fourth-order valence-electron chi connectivity index (χ4n) is 2.01. The Morgan fingerprint density at radius 2 is 2.00 bits per heavy atom. The molecule has 0 atom stereocenters. The van der Waals surface area contributed by atoms with Gasteiger partial charge in [0, 0.05) is 26.6 Å². The molecule has 7 heteroatoms. The van der Waals surface area contributed by atoms with Gasteiger partial charge < -0.3 is 10.5 Å². The molecule has 1 rings (SSSR count). The van der Waals surface area contributed by atoms with Crippen molar-refractivity contribution in [1.29, 1.82) is 0 Å². The van der Waals surface area contributed by atoms with Crippen LogP contribution in [0.15, 0.2) is 23.1 Å². The van der Waals surface area contributed by atoms with Gasteiger partial charge in [-0.15, -0.1) is 0 Å². The van der Waals surface area contributed by atoms with Crippen molar-refractivity contribution in [3.05, 3.63) is 29.3 Å². The van der Waals surface area contributed by atoms with Crippen LogP contribution in [0.25, 0.3) is 0 Å². The minimum atomic E-state index is -3.58. The fraction of sp³-hybridized carbons (Fsp3) is 0.500. The van der Waals surface area contributed by atoms with E-state index in [4.69, 9.17) is 22.7 Å². The highest BCUT2D eigenvalue weighted by molar-refractivity contribution is 7.89. The number of sulfonamides is 1. The largest absolute Gasteiger partial charge is 0.393 e. The summed E-state index contributed by atoms with van der Waals surface area (Å²) in [6.07, 6.45) is 0.350. The number of benzene rings is 1. The standard InChI is InChI=1S/C14H22N2O3S2/c1-11-4-5-13(12(2)10-11)21(17,18)16(8-9-19-3)7-6-14(15)20/h4-5,10H,6-9H2,1-3H3,(H2,15,20). The van der Waals surface area contributed by atoms with Gasteiger partial charge in [-0.1, -0.05) is 29.9 Å². The van der Waals surface area contributed by atoms with Crippen LogP contribution in [0.2, 0.25) is 0 Å². The van der Waals surface area contributed by atoms with E-state index in [9.17, 15) is 8.42 Å². The molecule has 1 aromatic rings. The molecule has 0 amide bonds. The maximum Gasteiger partial charge on any atom is 0.243 e. The van der Waals surface area contributed by atoms with E-state index in [0.717, 1.165) is 11.1 Å². The lowest BCUT2D eigenvalue weighted by Gasteiger charge is -2.22. The monoisotopic (exact) mass is 330 g/mol. The Labute approximate surface area is 132 Å². The summed E-state index contributed by atoms with van der Waals surface area (Å²) in [5, 5.41) is 0.